The van der Waals surface area contributed by atoms with Gasteiger partial charge in [-0.05, 0) is 24.3 Å². The molecule has 1 amide bonds. The third-order valence-corrected chi connectivity index (χ3v) is 3.03. The van der Waals surface area contributed by atoms with E-state index >= 15 is 0 Å². The summed E-state index contributed by atoms with van der Waals surface area (Å²) in [5.74, 6) is -4.33. The van der Waals surface area contributed by atoms with Crippen molar-refractivity contribution in [1.29, 1.82) is 0 Å². The van der Waals surface area contributed by atoms with E-state index < -0.39 is 35.7 Å². The molecule has 128 valence electrons. The highest BCUT2D eigenvalue weighted by Gasteiger charge is 2.16. The summed E-state index contributed by atoms with van der Waals surface area (Å²) in [5, 5.41) is 2.10. The molecular weight excluding hydrogens is 327 g/mol. The Kier molecular flexibility index (Phi) is 5.51. The molecular formula is C16H14F3NO4. The van der Waals surface area contributed by atoms with E-state index in [-0.39, 0.29) is 11.5 Å². The first-order valence-electron chi connectivity index (χ1n) is 6.75. The van der Waals surface area contributed by atoms with Gasteiger partial charge in [0.1, 0.15) is 0 Å². The minimum absolute atomic E-state index is 0.234. The maximum Gasteiger partial charge on any atom is 0.262 e. The SMILES string of the molecule is COc1cccc(OCC(=O)Nc2ccc(F)c(F)c2F)c1OC. The summed E-state index contributed by atoms with van der Waals surface area (Å²) < 4.78 is 55.0. The number of benzene rings is 2. The summed E-state index contributed by atoms with van der Waals surface area (Å²) in [6.45, 7) is -0.498. The molecule has 24 heavy (non-hydrogen) atoms. The van der Waals surface area contributed by atoms with Gasteiger partial charge in [-0.2, -0.15) is 0 Å². The van der Waals surface area contributed by atoms with Crippen molar-refractivity contribution < 1.29 is 32.2 Å². The Morgan fingerprint density at radius 1 is 1.00 bits per heavy atom. The highest BCUT2D eigenvalue weighted by atomic mass is 19.2. The fourth-order valence-corrected chi connectivity index (χ4v) is 1.92. The van der Waals surface area contributed by atoms with Crippen LogP contribution in [0.1, 0.15) is 0 Å². The van der Waals surface area contributed by atoms with Crippen molar-refractivity contribution in [1.82, 2.24) is 0 Å². The molecule has 0 aliphatic heterocycles. The lowest BCUT2D eigenvalue weighted by molar-refractivity contribution is -0.118. The van der Waals surface area contributed by atoms with Gasteiger partial charge in [0, 0.05) is 0 Å². The summed E-state index contributed by atoms with van der Waals surface area (Å²) in [5.41, 5.74) is -0.486. The number of nitrogens with one attached hydrogen (secondary N) is 1. The van der Waals surface area contributed by atoms with Crippen molar-refractivity contribution in [2.45, 2.75) is 0 Å². The lowest BCUT2D eigenvalue weighted by Gasteiger charge is -2.13. The van der Waals surface area contributed by atoms with Crippen LogP contribution in [0, 0.1) is 17.5 Å². The predicted molar refractivity (Wildman–Crippen MR) is 80.0 cm³/mol. The van der Waals surface area contributed by atoms with Gasteiger partial charge < -0.3 is 19.5 Å². The lowest BCUT2D eigenvalue weighted by atomic mass is 10.2. The molecule has 0 fully saturated rings. The zero-order chi connectivity index (χ0) is 17.7. The smallest absolute Gasteiger partial charge is 0.262 e. The first-order chi connectivity index (χ1) is 11.5. The van der Waals surface area contributed by atoms with E-state index in [1.165, 1.54) is 14.2 Å². The van der Waals surface area contributed by atoms with E-state index in [1.807, 2.05) is 0 Å². The van der Waals surface area contributed by atoms with Gasteiger partial charge in [-0.15, -0.1) is 0 Å². The minimum Gasteiger partial charge on any atom is -0.493 e. The Bertz CT molecular complexity index is 752. The van der Waals surface area contributed by atoms with Gasteiger partial charge in [-0.3, -0.25) is 4.79 Å². The zero-order valence-corrected chi connectivity index (χ0v) is 12.9. The van der Waals surface area contributed by atoms with Crippen molar-refractivity contribution in [2.75, 3.05) is 26.1 Å². The Labute approximate surface area is 135 Å². The molecule has 0 radical (unpaired) electrons. The zero-order valence-electron chi connectivity index (χ0n) is 12.9. The standard InChI is InChI=1S/C16H14F3NO4/c1-22-11-4-3-5-12(16(11)23-2)24-8-13(21)20-10-7-6-9(17)14(18)15(10)19/h3-7H,8H2,1-2H3,(H,20,21). The molecule has 0 aliphatic carbocycles. The van der Waals surface area contributed by atoms with Crippen LogP contribution in [0.4, 0.5) is 18.9 Å². The number of hydrogen-bond donors (Lipinski definition) is 1. The summed E-state index contributed by atoms with van der Waals surface area (Å²) in [7, 11) is 2.85. The number of anilines is 1. The second-order valence-corrected chi connectivity index (χ2v) is 4.55. The molecule has 5 nitrogen and oxygen atoms in total. The van der Waals surface area contributed by atoms with Crippen LogP contribution in [0.3, 0.4) is 0 Å². The predicted octanol–water partition coefficient (Wildman–Crippen LogP) is 3.14. The molecule has 8 heteroatoms. The van der Waals surface area contributed by atoms with Crippen molar-refractivity contribution in [2.24, 2.45) is 0 Å². The third kappa shape index (κ3) is 3.70. The normalized spacial score (nSPS) is 10.2. The van der Waals surface area contributed by atoms with Crippen LogP contribution in [-0.2, 0) is 4.79 Å². The molecule has 0 spiro atoms. The number of para-hydroxylation sites is 1. The molecule has 0 aliphatic rings. The highest BCUT2D eigenvalue weighted by molar-refractivity contribution is 5.92. The molecule has 0 atom stereocenters. The van der Waals surface area contributed by atoms with Crippen molar-refractivity contribution >= 4 is 11.6 Å². The van der Waals surface area contributed by atoms with Gasteiger partial charge in [0.25, 0.3) is 5.91 Å². The van der Waals surface area contributed by atoms with Gasteiger partial charge in [0.2, 0.25) is 5.75 Å². The number of carbonyl (C=O) groups is 1. The average Bonchev–Trinajstić information content (AvgIpc) is 2.59. The van der Waals surface area contributed by atoms with Gasteiger partial charge in [-0.1, -0.05) is 6.07 Å². The molecule has 2 aromatic carbocycles. The van der Waals surface area contributed by atoms with E-state index in [4.69, 9.17) is 14.2 Å². The first kappa shape index (κ1) is 17.5. The average molecular weight is 341 g/mol. The first-order valence-corrected chi connectivity index (χ1v) is 6.75. The third-order valence-electron chi connectivity index (χ3n) is 3.03. The maximum absolute atomic E-state index is 13.5. The monoisotopic (exact) mass is 341 g/mol. The van der Waals surface area contributed by atoms with Crippen LogP contribution in [-0.4, -0.2) is 26.7 Å². The van der Waals surface area contributed by atoms with Gasteiger partial charge in [-0.25, -0.2) is 13.2 Å². The van der Waals surface area contributed by atoms with E-state index in [0.29, 0.717) is 11.8 Å². The van der Waals surface area contributed by atoms with E-state index in [9.17, 15) is 18.0 Å². The summed E-state index contributed by atoms with van der Waals surface area (Å²) in [6.07, 6.45) is 0. The molecule has 0 saturated carbocycles. The quantitative estimate of drug-likeness (QED) is 0.820. The highest BCUT2D eigenvalue weighted by Crippen LogP contribution is 2.36. The molecule has 2 rings (SSSR count). The van der Waals surface area contributed by atoms with Gasteiger partial charge in [0.15, 0.2) is 35.6 Å². The number of amides is 1. The molecule has 0 aromatic heterocycles. The fourth-order valence-electron chi connectivity index (χ4n) is 1.92. The van der Waals surface area contributed by atoms with Crippen LogP contribution in [0.5, 0.6) is 17.2 Å². The molecule has 0 saturated heterocycles. The largest absolute Gasteiger partial charge is 0.493 e. The van der Waals surface area contributed by atoms with Crippen LogP contribution in [0.25, 0.3) is 0 Å². The number of methoxy groups -OCH3 is 2. The second-order valence-electron chi connectivity index (χ2n) is 4.55. The number of carbonyl (C=O) groups excluding carboxylic acids is 1. The summed E-state index contributed by atoms with van der Waals surface area (Å²) in [6, 6.07) is 6.44. The molecule has 0 unspecified atom stereocenters. The number of halogens is 3. The Hall–Kier alpha value is -2.90. The molecule has 0 heterocycles. The van der Waals surface area contributed by atoms with Crippen LogP contribution in [0.2, 0.25) is 0 Å². The molecule has 0 bridgehead atoms. The lowest BCUT2D eigenvalue weighted by Crippen LogP contribution is -2.21. The Morgan fingerprint density at radius 2 is 1.71 bits per heavy atom. The second kappa shape index (κ2) is 7.58. The van der Waals surface area contributed by atoms with Gasteiger partial charge in [0.05, 0.1) is 19.9 Å². The Balaban J connectivity index is 2.06. The number of ether oxygens (including phenoxy) is 3. The van der Waals surface area contributed by atoms with E-state index in [2.05, 4.69) is 5.32 Å². The maximum atomic E-state index is 13.5. The number of hydrogen-bond acceptors (Lipinski definition) is 4. The fraction of sp³-hybridized carbons (Fsp3) is 0.188. The Morgan fingerprint density at radius 3 is 2.38 bits per heavy atom. The van der Waals surface area contributed by atoms with Crippen LogP contribution < -0.4 is 19.5 Å². The van der Waals surface area contributed by atoms with Crippen molar-refractivity contribution in [3.8, 4) is 17.2 Å². The van der Waals surface area contributed by atoms with Crippen LogP contribution in [0.15, 0.2) is 30.3 Å². The van der Waals surface area contributed by atoms with Crippen LogP contribution >= 0.6 is 0 Å². The topological polar surface area (TPSA) is 56.8 Å². The van der Waals surface area contributed by atoms with E-state index in [0.717, 1.165) is 6.07 Å². The molecule has 2 aromatic rings. The summed E-state index contributed by atoms with van der Waals surface area (Å²) in [4.78, 5) is 11.8. The minimum atomic E-state index is -1.66. The van der Waals surface area contributed by atoms with Crippen molar-refractivity contribution in [3.05, 3.63) is 47.8 Å². The van der Waals surface area contributed by atoms with Gasteiger partial charge >= 0.3 is 0 Å². The molecule has 1 N–H and O–H groups in total. The van der Waals surface area contributed by atoms with Crippen molar-refractivity contribution in [3.63, 3.8) is 0 Å². The summed E-state index contributed by atoms with van der Waals surface area (Å²) >= 11 is 0. The van der Waals surface area contributed by atoms with E-state index in [1.54, 1.807) is 18.2 Å². The number of rotatable bonds is 6.